The van der Waals surface area contributed by atoms with Crippen molar-refractivity contribution in [3.8, 4) is 0 Å². The summed E-state index contributed by atoms with van der Waals surface area (Å²) in [5.74, 6) is 0.381. The van der Waals surface area contributed by atoms with Crippen molar-refractivity contribution in [3.63, 3.8) is 0 Å². The Kier molecular flexibility index (Phi) is 4.94. The molecule has 2 aliphatic heterocycles. The number of urea groups is 2. The van der Waals surface area contributed by atoms with Gasteiger partial charge >= 0.3 is 12.1 Å². The molecule has 146 valence electrons. The van der Waals surface area contributed by atoms with Crippen LogP contribution < -0.4 is 15.5 Å². The molecule has 1 unspecified atom stereocenters. The zero-order chi connectivity index (χ0) is 19.7. The Hall–Kier alpha value is -3.02. The third-order valence-electron chi connectivity index (χ3n) is 5.61. The molecule has 4 amide bonds. The number of nitrogens with zero attached hydrogens (tertiary/aromatic N) is 2. The summed E-state index contributed by atoms with van der Waals surface area (Å²) in [6, 6.07) is 13.8. The maximum Gasteiger partial charge on any atom is 0.321 e. The smallest absolute Gasteiger partial charge is 0.321 e. The Morgan fingerprint density at radius 3 is 2.75 bits per heavy atom. The van der Waals surface area contributed by atoms with E-state index in [2.05, 4.69) is 42.7 Å². The molecule has 2 N–H and O–H groups in total. The maximum absolute atomic E-state index is 12.7. The largest absolute Gasteiger partial charge is 0.336 e. The molecule has 0 bridgehead atoms. The minimum absolute atomic E-state index is 0.0877. The Morgan fingerprint density at radius 1 is 1.14 bits per heavy atom. The summed E-state index contributed by atoms with van der Waals surface area (Å²) >= 11 is 0. The van der Waals surface area contributed by atoms with Gasteiger partial charge in [-0.15, -0.1) is 0 Å². The lowest BCUT2D eigenvalue weighted by Gasteiger charge is -2.20. The molecule has 2 aromatic rings. The zero-order valence-electron chi connectivity index (χ0n) is 16.4. The van der Waals surface area contributed by atoms with Gasteiger partial charge in [-0.1, -0.05) is 29.8 Å². The first-order chi connectivity index (χ1) is 13.5. The van der Waals surface area contributed by atoms with Gasteiger partial charge in [0.1, 0.15) is 0 Å². The lowest BCUT2D eigenvalue weighted by atomic mass is 9.93. The first-order valence-corrected chi connectivity index (χ1v) is 9.80. The third-order valence-corrected chi connectivity index (χ3v) is 5.61. The number of anilines is 2. The lowest BCUT2D eigenvalue weighted by Crippen LogP contribution is -2.33. The number of aryl methyl sites for hydroxylation is 2. The second-order valence-corrected chi connectivity index (χ2v) is 7.66. The van der Waals surface area contributed by atoms with E-state index < -0.39 is 0 Å². The summed E-state index contributed by atoms with van der Waals surface area (Å²) in [4.78, 5) is 28.2. The van der Waals surface area contributed by atoms with Crippen LogP contribution in [0, 0.1) is 13.8 Å². The lowest BCUT2D eigenvalue weighted by molar-refractivity contribution is 0.222. The molecule has 1 atom stereocenters. The van der Waals surface area contributed by atoms with Gasteiger partial charge < -0.3 is 15.5 Å². The van der Waals surface area contributed by atoms with Crippen molar-refractivity contribution >= 4 is 23.4 Å². The molecule has 6 heteroatoms. The molecule has 0 radical (unpaired) electrons. The van der Waals surface area contributed by atoms with Gasteiger partial charge in [-0.25, -0.2) is 9.59 Å². The number of rotatable bonds is 3. The van der Waals surface area contributed by atoms with Crippen LogP contribution in [-0.4, -0.2) is 43.1 Å². The van der Waals surface area contributed by atoms with Crippen LogP contribution in [0.5, 0.6) is 0 Å². The van der Waals surface area contributed by atoms with E-state index in [0.29, 0.717) is 24.7 Å². The first-order valence-electron chi connectivity index (χ1n) is 9.80. The molecule has 0 saturated carbocycles. The summed E-state index contributed by atoms with van der Waals surface area (Å²) in [5.41, 5.74) is 5.40. The normalized spacial score (nSPS) is 19.1. The third kappa shape index (κ3) is 3.67. The van der Waals surface area contributed by atoms with E-state index in [1.165, 1.54) is 16.7 Å². The highest BCUT2D eigenvalue weighted by Gasteiger charge is 2.28. The molecule has 2 aliphatic rings. The number of hydrogen-bond acceptors (Lipinski definition) is 2. The number of carbonyl (C=O) groups excluding carboxylic acids is 2. The highest BCUT2D eigenvalue weighted by atomic mass is 16.2. The van der Waals surface area contributed by atoms with Crippen molar-refractivity contribution in [2.75, 3.05) is 36.4 Å². The molecule has 0 aliphatic carbocycles. The van der Waals surface area contributed by atoms with E-state index in [4.69, 9.17) is 0 Å². The van der Waals surface area contributed by atoms with Crippen LogP contribution in [0.1, 0.15) is 29.0 Å². The van der Waals surface area contributed by atoms with Crippen LogP contribution in [0.15, 0.2) is 42.5 Å². The quantitative estimate of drug-likeness (QED) is 0.852. The van der Waals surface area contributed by atoms with Gasteiger partial charge in [0.2, 0.25) is 0 Å². The maximum atomic E-state index is 12.7. The minimum atomic E-state index is -0.0978. The van der Waals surface area contributed by atoms with Gasteiger partial charge in [0.05, 0.1) is 0 Å². The van der Waals surface area contributed by atoms with Gasteiger partial charge in [0.25, 0.3) is 0 Å². The van der Waals surface area contributed by atoms with Crippen LogP contribution in [0.2, 0.25) is 0 Å². The average Bonchev–Trinajstić information content (AvgIpc) is 3.31. The SMILES string of the molecule is Cc1ccc(C2CCN(C(=O)Nc3cccc(N4CCNC4=O)c3)C2)c(C)c1. The van der Waals surface area contributed by atoms with Crippen LogP contribution in [0.25, 0.3) is 0 Å². The van der Waals surface area contributed by atoms with Gasteiger partial charge in [0.15, 0.2) is 0 Å². The summed E-state index contributed by atoms with van der Waals surface area (Å²) in [6.45, 7) is 7.00. The molecule has 2 aromatic carbocycles. The number of benzene rings is 2. The molecule has 6 nitrogen and oxygen atoms in total. The monoisotopic (exact) mass is 378 g/mol. The Bertz CT molecular complexity index is 911. The predicted octanol–water partition coefficient (Wildman–Crippen LogP) is 3.85. The number of nitrogens with one attached hydrogen (secondary N) is 2. The van der Waals surface area contributed by atoms with Crippen molar-refractivity contribution in [2.45, 2.75) is 26.2 Å². The van der Waals surface area contributed by atoms with Crippen molar-refractivity contribution in [3.05, 3.63) is 59.2 Å². The van der Waals surface area contributed by atoms with Crippen molar-refractivity contribution in [1.29, 1.82) is 0 Å². The van der Waals surface area contributed by atoms with Gasteiger partial charge in [-0.3, -0.25) is 4.90 Å². The van der Waals surface area contributed by atoms with Crippen LogP contribution in [0.4, 0.5) is 21.0 Å². The fourth-order valence-corrected chi connectivity index (χ4v) is 4.15. The second-order valence-electron chi connectivity index (χ2n) is 7.66. The van der Waals surface area contributed by atoms with Gasteiger partial charge in [-0.2, -0.15) is 0 Å². The van der Waals surface area contributed by atoms with E-state index in [-0.39, 0.29) is 12.1 Å². The van der Waals surface area contributed by atoms with E-state index >= 15 is 0 Å². The molecule has 2 fully saturated rings. The number of hydrogen-bond donors (Lipinski definition) is 2. The highest BCUT2D eigenvalue weighted by molar-refractivity contribution is 5.95. The molecule has 0 spiro atoms. The van der Waals surface area contributed by atoms with Crippen molar-refractivity contribution < 1.29 is 9.59 Å². The Labute approximate surface area is 165 Å². The molecule has 2 heterocycles. The standard InChI is InChI=1S/C22H26N4O2/c1-15-6-7-20(16(2)12-15)17-8-10-25(14-17)22(28)24-18-4-3-5-19(13-18)26-11-9-23-21(26)27/h3-7,12-13,17H,8-11,14H2,1-2H3,(H,23,27)(H,24,28). The molecular formula is C22H26N4O2. The van der Waals surface area contributed by atoms with Crippen LogP contribution in [-0.2, 0) is 0 Å². The Morgan fingerprint density at radius 2 is 2.00 bits per heavy atom. The number of amides is 4. The second kappa shape index (κ2) is 7.54. The van der Waals surface area contributed by atoms with E-state index in [9.17, 15) is 9.59 Å². The van der Waals surface area contributed by atoms with E-state index in [0.717, 1.165) is 25.2 Å². The fraction of sp³-hybridized carbons (Fsp3) is 0.364. The topological polar surface area (TPSA) is 64.7 Å². The summed E-state index contributed by atoms with van der Waals surface area (Å²) in [7, 11) is 0. The number of likely N-dealkylation sites (tertiary alicyclic amines) is 1. The molecule has 28 heavy (non-hydrogen) atoms. The minimum Gasteiger partial charge on any atom is -0.336 e. The zero-order valence-corrected chi connectivity index (χ0v) is 16.4. The van der Waals surface area contributed by atoms with E-state index in [1.807, 2.05) is 29.2 Å². The summed E-state index contributed by atoms with van der Waals surface area (Å²) < 4.78 is 0. The first kappa shape index (κ1) is 18.3. The predicted molar refractivity (Wildman–Crippen MR) is 111 cm³/mol. The summed E-state index contributed by atoms with van der Waals surface area (Å²) in [6.07, 6.45) is 0.977. The molecule has 2 saturated heterocycles. The molecule has 0 aromatic heterocycles. The molecular weight excluding hydrogens is 352 g/mol. The van der Waals surface area contributed by atoms with Gasteiger partial charge in [0, 0.05) is 43.5 Å². The number of carbonyl (C=O) groups is 2. The average molecular weight is 378 g/mol. The summed E-state index contributed by atoms with van der Waals surface area (Å²) in [5, 5.41) is 5.78. The van der Waals surface area contributed by atoms with Crippen molar-refractivity contribution in [2.24, 2.45) is 0 Å². The molecule has 4 rings (SSSR count). The highest BCUT2D eigenvalue weighted by Crippen LogP contribution is 2.30. The Balaban J connectivity index is 1.41. The van der Waals surface area contributed by atoms with Gasteiger partial charge in [-0.05, 0) is 49.6 Å². The van der Waals surface area contributed by atoms with Crippen molar-refractivity contribution in [1.82, 2.24) is 10.2 Å². The van der Waals surface area contributed by atoms with Crippen LogP contribution in [0.3, 0.4) is 0 Å². The van der Waals surface area contributed by atoms with E-state index in [1.54, 1.807) is 4.90 Å². The van der Waals surface area contributed by atoms with Crippen LogP contribution >= 0.6 is 0 Å². The fourth-order valence-electron chi connectivity index (χ4n) is 4.15.